The van der Waals surface area contributed by atoms with Gasteiger partial charge in [0.1, 0.15) is 0 Å². The number of nitrogens with zero attached hydrogens (tertiary/aromatic N) is 1. The van der Waals surface area contributed by atoms with Gasteiger partial charge in [-0.25, -0.2) is 0 Å². The molecule has 2 nitrogen and oxygen atoms in total. The number of hydrogen-bond donors (Lipinski definition) is 0. The molecule has 0 aliphatic rings. The Hall–Kier alpha value is -0.0600. The summed E-state index contributed by atoms with van der Waals surface area (Å²) in [6.07, 6.45) is 0. The number of anilines is 1. The van der Waals surface area contributed by atoms with Gasteiger partial charge >= 0.3 is 0 Å². The van der Waals surface area contributed by atoms with E-state index in [-0.39, 0.29) is 0 Å². The Morgan fingerprint density at radius 2 is 2.12 bits per heavy atom. The summed E-state index contributed by atoms with van der Waals surface area (Å²) in [7, 11) is 2.08. The molecule has 0 aliphatic carbocycles. The first-order valence-electron chi connectivity index (χ1n) is 5.32. The third-order valence-corrected chi connectivity index (χ3v) is 3.64. The number of benzene rings is 1. The van der Waals surface area contributed by atoms with Crippen LogP contribution in [-0.4, -0.2) is 26.8 Å². The van der Waals surface area contributed by atoms with Gasteiger partial charge in [-0.05, 0) is 40.5 Å². The molecule has 0 amide bonds. The van der Waals surface area contributed by atoms with E-state index in [0.29, 0.717) is 0 Å². The lowest BCUT2D eigenvalue weighted by Gasteiger charge is -2.21. The molecule has 0 saturated carbocycles. The van der Waals surface area contributed by atoms with Crippen LogP contribution in [0.2, 0.25) is 0 Å². The molecule has 1 aromatic carbocycles. The normalized spacial score (nSPS) is 10.5. The van der Waals surface area contributed by atoms with Crippen molar-refractivity contribution in [3.05, 3.63) is 28.2 Å². The summed E-state index contributed by atoms with van der Waals surface area (Å²) >= 11 is 7.04. The molecule has 0 saturated heterocycles. The second-order valence-electron chi connectivity index (χ2n) is 3.54. The van der Waals surface area contributed by atoms with Crippen molar-refractivity contribution in [3.63, 3.8) is 0 Å². The predicted molar refractivity (Wildman–Crippen MR) is 76.5 cm³/mol. The molecule has 0 N–H and O–H groups in total. The van der Waals surface area contributed by atoms with Crippen LogP contribution in [0.4, 0.5) is 5.69 Å². The Kier molecular flexibility index (Phi) is 6.39. The summed E-state index contributed by atoms with van der Waals surface area (Å²) in [6.45, 7) is 4.46. The van der Waals surface area contributed by atoms with E-state index < -0.39 is 0 Å². The fourth-order valence-electron chi connectivity index (χ4n) is 1.41. The SMILES string of the molecule is CCOCCN(C)c1ccc(CBr)cc1Br. The molecule has 1 rings (SSSR count). The highest BCUT2D eigenvalue weighted by Gasteiger charge is 2.05. The number of hydrogen-bond acceptors (Lipinski definition) is 2. The van der Waals surface area contributed by atoms with Crippen LogP contribution in [0.15, 0.2) is 22.7 Å². The van der Waals surface area contributed by atoms with Gasteiger partial charge in [0.2, 0.25) is 0 Å². The Labute approximate surface area is 114 Å². The third-order valence-electron chi connectivity index (χ3n) is 2.35. The Balaban J connectivity index is 2.64. The lowest BCUT2D eigenvalue weighted by atomic mass is 10.2. The van der Waals surface area contributed by atoms with Crippen molar-refractivity contribution in [3.8, 4) is 0 Å². The van der Waals surface area contributed by atoms with Gasteiger partial charge in [0.15, 0.2) is 0 Å². The highest BCUT2D eigenvalue weighted by atomic mass is 79.9. The largest absolute Gasteiger partial charge is 0.380 e. The van der Waals surface area contributed by atoms with E-state index in [9.17, 15) is 0 Å². The molecule has 0 unspecified atom stereocenters. The van der Waals surface area contributed by atoms with E-state index in [2.05, 4.69) is 62.0 Å². The predicted octanol–water partition coefficient (Wildman–Crippen LogP) is 3.82. The Morgan fingerprint density at radius 1 is 1.38 bits per heavy atom. The average molecular weight is 351 g/mol. The molecule has 0 aromatic heterocycles. The zero-order valence-electron chi connectivity index (χ0n) is 9.67. The summed E-state index contributed by atoms with van der Waals surface area (Å²) in [5.41, 5.74) is 2.47. The van der Waals surface area contributed by atoms with Crippen LogP contribution >= 0.6 is 31.9 Å². The summed E-state index contributed by atoms with van der Waals surface area (Å²) < 4.78 is 6.47. The summed E-state index contributed by atoms with van der Waals surface area (Å²) in [5.74, 6) is 0. The van der Waals surface area contributed by atoms with E-state index in [1.54, 1.807) is 0 Å². The second kappa shape index (κ2) is 7.30. The topological polar surface area (TPSA) is 12.5 Å². The van der Waals surface area contributed by atoms with E-state index in [1.807, 2.05) is 6.92 Å². The van der Waals surface area contributed by atoms with Crippen LogP contribution in [0.25, 0.3) is 0 Å². The summed E-state index contributed by atoms with van der Waals surface area (Å²) in [4.78, 5) is 2.19. The quantitative estimate of drug-likeness (QED) is 0.571. The van der Waals surface area contributed by atoms with Gasteiger partial charge in [0.25, 0.3) is 0 Å². The maximum absolute atomic E-state index is 5.35. The van der Waals surface area contributed by atoms with E-state index in [0.717, 1.165) is 29.6 Å². The zero-order chi connectivity index (χ0) is 12.0. The average Bonchev–Trinajstić information content (AvgIpc) is 2.29. The first-order valence-corrected chi connectivity index (χ1v) is 7.23. The van der Waals surface area contributed by atoms with Gasteiger partial charge in [-0.2, -0.15) is 0 Å². The molecule has 4 heteroatoms. The fourth-order valence-corrected chi connectivity index (χ4v) is 2.49. The van der Waals surface area contributed by atoms with Gasteiger partial charge in [0.05, 0.1) is 12.3 Å². The van der Waals surface area contributed by atoms with Crippen molar-refractivity contribution in [2.75, 3.05) is 31.7 Å². The van der Waals surface area contributed by atoms with E-state index >= 15 is 0 Å². The molecular formula is C12H17Br2NO. The monoisotopic (exact) mass is 349 g/mol. The highest BCUT2D eigenvalue weighted by Crippen LogP contribution is 2.27. The molecule has 90 valence electrons. The minimum absolute atomic E-state index is 0.764. The number of alkyl halides is 1. The van der Waals surface area contributed by atoms with Crippen LogP contribution in [0.3, 0.4) is 0 Å². The highest BCUT2D eigenvalue weighted by molar-refractivity contribution is 9.10. The van der Waals surface area contributed by atoms with Crippen molar-refractivity contribution < 1.29 is 4.74 Å². The summed E-state index contributed by atoms with van der Waals surface area (Å²) in [5, 5.41) is 0.883. The number of likely N-dealkylation sites (N-methyl/N-ethyl adjacent to an activating group) is 1. The molecule has 16 heavy (non-hydrogen) atoms. The van der Waals surface area contributed by atoms with Gasteiger partial charge < -0.3 is 9.64 Å². The number of ether oxygens (including phenoxy) is 1. The van der Waals surface area contributed by atoms with E-state index in [4.69, 9.17) is 4.74 Å². The smallest absolute Gasteiger partial charge is 0.0641 e. The van der Waals surface area contributed by atoms with Gasteiger partial charge in [0, 0.05) is 30.0 Å². The molecule has 0 bridgehead atoms. The van der Waals surface area contributed by atoms with Crippen LogP contribution in [0, 0.1) is 0 Å². The standard InChI is InChI=1S/C12H17Br2NO/c1-3-16-7-6-15(2)12-5-4-10(9-13)8-11(12)14/h4-5,8H,3,6-7,9H2,1-2H3. The van der Waals surface area contributed by atoms with Crippen LogP contribution in [-0.2, 0) is 10.1 Å². The van der Waals surface area contributed by atoms with Crippen LogP contribution in [0.1, 0.15) is 12.5 Å². The first kappa shape index (κ1) is 14.0. The second-order valence-corrected chi connectivity index (χ2v) is 4.95. The van der Waals surface area contributed by atoms with Gasteiger partial charge in [-0.1, -0.05) is 22.0 Å². The van der Waals surface area contributed by atoms with E-state index in [1.165, 1.54) is 11.3 Å². The Bertz CT molecular complexity index is 331. The van der Waals surface area contributed by atoms with Crippen LogP contribution in [0.5, 0.6) is 0 Å². The molecule has 0 atom stereocenters. The molecular weight excluding hydrogens is 334 g/mol. The molecule has 0 aliphatic heterocycles. The van der Waals surface area contributed by atoms with Crippen LogP contribution < -0.4 is 4.90 Å². The maximum atomic E-state index is 5.35. The first-order chi connectivity index (χ1) is 7.69. The zero-order valence-corrected chi connectivity index (χ0v) is 12.8. The van der Waals surface area contributed by atoms with Crippen molar-refractivity contribution in [1.29, 1.82) is 0 Å². The number of halogens is 2. The lowest BCUT2D eigenvalue weighted by Crippen LogP contribution is -2.22. The van der Waals surface area contributed by atoms with Crippen molar-refractivity contribution in [2.45, 2.75) is 12.3 Å². The van der Waals surface area contributed by atoms with Gasteiger partial charge in [-0.3, -0.25) is 0 Å². The molecule has 1 aromatic rings. The molecule has 0 radical (unpaired) electrons. The van der Waals surface area contributed by atoms with Gasteiger partial charge in [-0.15, -0.1) is 0 Å². The molecule has 0 fully saturated rings. The minimum atomic E-state index is 0.764. The lowest BCUT2D eigenvalue weighted by molar-refractivity contribution is 0.154. The third kappa shape index (κ3) is 4.07. The Morgan fingerprint density at radius 3 is 2.69 bits per heavy atom. The molecule has 0 heterocycles. The summed E-state index contributed by atoms with van der Waals surface area (Å²) in [6, 6.07) is 6.40. The number of rotatable bonds is 6. The minimum Gasteiger partial charge on any atom is -0.380 e. The molecule has 0 spiro atoms. The maximum Gasteiger partial charge on any atom is 0.0641 e. The van der Waals surface area contributed by atoms with Crippen molar-refractivity contribution in [2.24, 2.45) is 0 Å². The van der Waals surface area contributed by atoms with Crippen molar-refractivity contribution >= 4 is 37.5 Å². The van der Waals surface area contributed by atoms with Crippen molar-refractivity contribution in [1.82, 2.24) is 0 Å². The fraction of sp³-hybridized carbons (Fsp3) is 0.500.